The summed E-state index contributed by atoms with van der Waals surface area (Å²) in [5.74, 6) is -1.26. The van der Waals surface area contributed by atoms with E-state index in [0.29, 0.717) is 6.61 Å². The van der Waals surface area contributed by atoms with Crippen molar-refractivity contribution in [2.75, 3.05) is 13.2 Å². The maximum Gasteiger partial charge on any atom is 0.307 e. The van der Waals surface area contributed by atoms with Gasteiger partial charge >= 0.3 is 5.97 Å². The van der Waals surface area contributed by atoms with Crippen LogP contribution in [0.4, 0.5) is 0 Å². The minimum atomic E-state index is -0.831. The van der Waals surface area contributed by atoms with E-state index >= 15 is 0 Å². The van der Waals surface area contributed by atoms with Gasteiger partial charge in [0.2, 0.25) is 11.8 Å². The lowest BCUT2D eigenvalue weighted by molar-refractivity contribution is -0.304. The molecule has 3 rings (SSSR count). The van der Waals surface area contributed by atoms with E-state index in [-0.39, 0.29) is 48.3 Å². The molecule has 41 heavy (non-hydrogen) atoms. The highest BCUT2D eigenvalue weighted by atomic mass is 16.7. The van der Waals surface area contributed by atoms with E-state index in [0.717, 1.165) is 57.8 Å². The van der Waals surface area contributed by atoms with E-state index in [1.807, 2.05) is 13.8 Å². The molecule has 236 valence electrons. The van der Waals surface area contributed by atoms with Gasteiger partial charge in [0.1, 0.15) is 12.2 Å². The van der Waals surface area contributed by atoms with Crippen LogP contribution in [0.3, 0.4) is 0 Å². The first-order valence-corrected chi connectivity index (χ1v) is 16.6. The van der Waals surface area contributed by atoms with Crippen molar-refractivity contribution in [3.8, 4) is 0 Å². The van der Waals surface area contributed by atoms with Crippen molar-refractivity contribution in [1.82, 2.24) is 10.6 Å². The first kappa shape index (κ1) is 33.8. The second-order valence-electron chi connectivity index (χ2n) is 14.0. The van der Waals surface area contributed by atoms with Crippen molar-refractivity contribution in [3.05, 3.63) is 0 Å². The number of ether oxygens (including phenoxy) is 3. The fraction of sp³-hybridized carbons (Fsp3) is 0.909. The van der Waals surface area contributed by atoms with Crippen LogP contribution in [-0.2, 0) is 28.6 Å². The Morgan fingerprint density at radius 3 is 2.20 bits per heavy atom. The maximum absolute atomic E-state index is 13.5. The van der Waals surface area contributed by atoms with Crippen LogP contribution in [0, 0.1) is 10.8 Å². The van der Waals surface area contributed by atoms with Gasteiger partial charge in [-0.2, -0.15) is 0 Å². The maximum atomic E-state index is 13.5. The average Bonchev–Trinajstić information content (AvgIpc) is 2.89. The summed E-state index contributed by atoms with van der Waals surface area (Å²) in [5.41, 5.74) is -0.702. The van der Waals surface area contributed by atoms with Crippen LogP contribution in [0.25, 0.3) is 0 Å². The highest BCUT2D eigenvalue weighted by molar-refractivity contribution is 5.84. The summed E-state index contributed by atoms with van der Waals surface area (Å²) in [7, 11) is 0. The smallest absolute Gasteiger partial charge is 0.307 e. The lowest BCUT2D eigenvalue weighted by atomic mass is 9.65. The van der Waals surface area contributed by atoms with Crippen LogP contribution in [-0.4, -0.2) is 55.0 Å². The van der Waals surface area contributed by atoms with Gasteiger partial charge in [0, 0.05) is 17.4 Å². The number of unbranched alkanes of at least 4 members (excludes halogenated alkanes) is 7. The average molecular weight is 579 g/mol. The molecule has 3 atom stereocenters. The predicted octanol–water partition coefficient (Wildman–Crippen LogP) is 6.34. The standard InChI is InChI=1S/C33H58N2O6/c1-6-7-8-9-10-11-12-15-20-33(21-16-22-33)30(38)35-25-17-13-14-18-26(25)40-27(36)19-23-34-29(37)28-31(2,3)24-39-32(4,5)41-28/h25-26,28H,6-24H2,1-5H3,(H,34,37)(H,35,38)/t25-,26-,28?/m0/s1. The first-order valence-electron chi connectivity index (χ1n) is 16.6. The van der Waals surface area contributed by atoms with E-state index < -0.39 is 17.3 Å². The zero-order valence-corrected chi connectivity index (χ0v) is 26.6. The SMILES string of the molecule is CCCCCCCCCCC1(C(=O)N[C@H]2CCCC[C@@H]2OC(=O)CCNC(=O)C2OC(C)(C)OCC2(C)C)CCC1. The van der Waals surface area contributed by atoms with Gasteiger partial charge in [-0.15, -0.1) is 0 Å². The van der Waals surface area contributed by atoms with E-state index in [4.69, 9.17) is 14.2 Å². The Balaban J connectivity index is 1.40. The summed E-state index contributed by atoms with van der Waals surface area (Å²) in [6.45, 7) is 10.3. The van der Waals surface area contributed by atoms with Crippen LogP contribution in [0.5, 0.6) is 0 Å². The molecule has 8 heteroatoms. The Hall–Kier alpha value is -1.67. The molecule has 0 bridgehead atoms. The number of hydrogen-bond acceptors (Lipinski definition) is 6. The molecule has 2 saturated carbocycles. The summed E-state index contributed by atoms with van der Waals surface area (Å²) in [5, 5.41) is 6.16. The quantitative estimate of drug-likeness (QED) is 0.164. The second kappa shape index (κ2) is 15.7. The van der Waals surface area contributed by atoms with E-state index in [1.54, 1.807) is 13.8 Å². The summed E-state index contributed by atoms with van der Waals surface area (Å²) in [4.78, 5) is 39.1. The number of nitrogens with one attached hydrogen (secondary N) is 2. The molecule has 2 aliphatic carbocycles. The molecule has 3 fully saturated rings. The molecule has 0 aromatic rings. The molecule has 8 nitrogen and oxygen atoms in total. The number of rotatable bonds is 16. The van der Waals surface area contributed by atoms with Crippen LogP contribution >= 0.6 is 0 Å². The molecule has 1 aliphatic heterocycles. The van der Waals surface area contributed by atoms with Crippen LogP contribution < -0.4 is 10.6 Å². The first-order chi connectivity index (χ1) is 19.5. The van der Waals surface area contributed by atoms with E-state index in [2.05, 4.69) is 17.6 Å². The number of carbonyl (C=O) groups excluding carboxylic acids is 3. The highest BCUT2D eigenvalue weighted by Crippen LogP contribution is 2.46. The molecule has 0 radical (unpaired) electrons. The molecule has 1 unspecified atom stereocenters. The largest absolute Gasteiger partial charge is 0.460 e. The Morgan fingerprint density at radius 1 is 0.878 bits per heavy atom. The Labute approximate surface area is 248 Å². The van der Waals surface area contributed by atoms with Crippen molar-refractivity contribution in [2.24, 2.45) is 10.8 Å². The van der Waals surface area contributed by atoms with Gasteiger partial charge in [-0.05, 0) is 52.4 Å². The zero-order valence-electron chi connectivity index (χ0n) is 26.6. The van der Waals surface area contributed by atoms with Gasteiger partial charge in [-0.3, -0.25) is 14.4 Å². The molecule has 0 aromatic heterocycles. The zero-order chi connectivity index (χ0) is 29.9. The van der Waals surface area contributed by atoms with Crippen LogP contribution in [0.1, 0.15) is 144 Å². The van der Waals surface area contributed by atoms with Crippen molar-refractivity contribution in [2.45, 2.75) is 168 Å². The number of hydrogen-bond donors (Lipinski definition) is 2. The molecule has 1 heterocycles. The summed E-state index contributed by atoms with van der Waals surface area (Å²) in [6.07, 6.45) is 16.9. The van der Waals surface area contributed by atoms with Gasteiger partial charge < -0.3 is 24.8 Å². The third-order valence-corrected chi connectivity index (χ3v) is 9.37. The lowest BCUT2D eigenvalue weighted by Gasteiger charge is -2.44. The Kier molecular flexibility index (Phi) is 13.0. The monoisotopic (exact) mass is 578 g/mol. The molecule has 3 aliphatic rings. The summed E-state index contributed by atoms with van der Waals surface area (Å²) >= 11 is 0. The molecular formula is C33H58N2O6. The number of amides is 2. The topological polar surface area (TPSA) is 103 Å². The van der Waals surface area contributed by atoms with E-state index in [9.17, 15) is 14.4 Å². The third kappa shape index (κ3) is 10.2. The predicted molar refractivity (Wildman–Crippen MR) is 160 cm³/mol. The van der Waals surface area contributed by atoms with Gasteiger partial charge in [0.05, 0.1) is 19.1 Å². The fourth-order valence-corrected chi connectivity index (χ4v) is 6.45. The normalized spacial score (nSPS) is 26.4. The van der Waals surface area contributed by atoms with Gasteiger partial charge in [0.25, 0.3) is 0 Å². The summed E-state index contributed by atoms with van der Waals surface area (Å²) < 4.78 is 17.4. The van der Waals surface area contributed by atoms with Crippen molar-refractivity contribution in [1.29, 1.82) is 0 Å². The molecular weight excluding hydrogens is 520 g/mol. The number of esters is 1. The molecule has 0 spiro atoms. The minimum absolute atomic E-state index is 0.0817. The molecule has 2 N–H and O–H groups in total. The van der Waals surface area contributed by atoms with Gasteiger partial charge in [0.15, 0.2) is 5.79 Å². The van der Waals surface area contributed by atoms with Gasteiger partial charge in [-0.25, -0.2) is 0 Å². The Morgan fingerprint density at radius 2 is 1.54 bits per heavy atom. The highest BCUT2D eigenvalue weighted by Gasteiger charge is 2.46. The third-order valence-electron chi connectivity index (χ3n) is 9.37. The number of carbonyl (C=O) groups is 3. The second-order valence-corrected chi connectivity index (χ2v) is 14.0. The van der Waals surface area contributed by atoms with Crippen LogP contribution in [0.15, 0.2) is 0 Å². The fourth-order valence-electron chi connectivity index (χ4n) is 6.45. The van der Waals surface area contributed by atoms with Crippen molar-refractivity contribution < 1.29 is 28.6 Å². The molecule has 2 amide bonds. The minimum Gasteiger partial charge on any atom is -0.460 e. The summed E-state index contributed by atoms with van der Waals surface area (Å²) in [6, 6.07) is -0.135. The van der Waals surface area contributed by atoms with Crippen molar-refractivity contribution in [3.63, 3.8) is 0 Å². The Bertz CT molecular complexity index is 853. The molecule has 1 saturated heterocycles. The van der Waals surface area contributed by atoms with Gasteiger partial charge in [-0.1, -0.05) is 85.0 Å². The lowest BCUT2D eigenvalue weighted by Crippen LogP contribution is -2.56. The molecule has 0 aromatic carbocycles. The van der Waals surface area contributed by atoms with Crippen LogP contribution in [0.2, 0.25) is 0 Å². The van der Waals surface area contributed by atoms with Crippen molar-refractivity contribution >= 4 is 17.8 Å². The van der Waals surface area contributed by atoms with E-state index in [1.165, 1.54) is 44.9 Å².